The highest BCUT2D eigenvalue weighted by Crippen LogP contribution is 2.17. The van der Waals surface area contributed by atoms with Crippen LogP contribution in [0.2, 0.25) is 0 Å². The van der Waals surface area contributed by atoms with E-state index in [2.05, 4.69) is 55.6 Å². The summed E-state index contributed by atoms with van der Waals surface area (Å²) < 4.78 is 5.49. The predicted octanol–water partition coefficient (Wildman–Crippen LogP) is 20.5. The second-order valence-electron chi connectivity index (χ2n) is 22.1. The van der Waals surface area contributed by atoms with E-state index in [4.69, 9.17) is 4.74 Å². The maximum Gasteiger partial charge on any atom is 0.305 e. The summed E-state index contributed by atoms with van der Waals surface area (Å²) in [5.41, 5.74) is 0. The van der Waals surface area contributed by atoms with Crippen LogP contribution >= 0.6 is 0 Å². The van der Waals surface area contributed by atoms with E-state index < -0.39 is 12.1 Å². The number of aliphatic hydroxyl groups is 2. The van der Waals surface area contributed by atoms with Gasteiger partial charge in [0.15, 0.2) is 0 Å². The lowest BCUT2D eigenvalue weighted by Crippen LogP contribution is -2.45. The van der Waals surface area contributed by atoms with E-state index in [1.165, 1.54) is 244 Å². The number of ether oxygens (including phenoxy) is 1. The molecule has 6 nitrogen and oxygen atoms in total. The Morgan fingerprint density at radius 3 is 1.07 bits per heavy atom. The van der Waals surface area contributed by atoms with E-state index >= 15 is 0 Å². The lowest BCUT2D eigenvalue weighted by molar-refractivity contribution is -0.143. The van der Waals surface area contributed by atoms with Crippen LogP contribution in [-0.2, 0) is 14.3 Å². The minimum Gasteiger partial charge on any atom is -0.466 e. The third-order valence-corrected chi connectivity index (χ3v) is 14.8. The zero-order chi connectivity index (χ0) is 52.9. The zero-order valence-corrected chi connectivity index (χ0v) is 48.9. The van der Waals surface area contributed by atoms with E-state index in [-0.39, 0.29) is 18.5 Å². The molecule has 73 heavy (non-hydrogen) atoms. The van der Waals surface area contributed by atoms with Gasteiger partial charge in [0.1, 0.15) is 0 Å². The Morgan fingerprint density at radius 1 is 0.384 bits per heavy atom. The minimum atomic E-state index is -0.855. The molecule has 0 aromatic carbocycles. The second kappa shape index (κ2) is 62.4. The molecule has 0 aromatic rings. The van der Waals surface area contributed by atoms with Crippen molar-refractivity contribution in [3.8, 4) is 0 Å². The SMILES string of the molecule is CCCCCC/C=C\C/C=C\CCCCCCCCCC(=O)OCCCCCCCCCCC/C=C\CCCCCCCC(=O)NC(CO)C(O)/C=C/CCCCCCCCCCCCCCCCCCCC. The quantitative estimate of drug-likeness (QED) is 0.0320. The Labute approximate surface area is 455 Å². The Bertz CT molecular complexity index is 1230. The Kier molecular flexibility index (Phi) is 60.5. The van der Waals surface area contributed by atoms with Crippen LogP contribution in [0.5, 0.6) is 0 Å². The predicted molar refractivity (Wildman–Crippen MR) is 319 cm³/mol. The normalized spacial score (nSPS) is 12.9. The maximum absolute atomic E-state index is 12.5. The number of carbonyl (C=O) groups is 2. The molecule has 6 heteroatoms. The monoisotopic (exact) mass is 1020 g/mol. The third kappa shape index (κ3) is 58.9. The zero-order valence-electron chi connectivity index (χ0n) is 48.9. The van der Waals surface area contributed by atoms with E-state index in [0.717, 1.165) is 70.6 Å². The van der Waals surface area contributed by atoms with Gasteiger partial charge in [-0.25, -0.2) is 0 Å². The molecular weight excluding hydrogens is 899 g/mol. The summed E-state index contributed by atoms with van der Waals surface area (Å²) in [6, 6.07) is -0.640. The number of allylic oxidation sites excluding steroid dienone is 7. The molecule has 428 valence electrons. The van der Waals surface area contributed by atoms with Crippen LogP contribution < -0.4 is 5.32 Å². The first-order chi connectivity index (χ1) is 36.0. The van der Waals surface area contributed by atoms with Gasteiger partial charge in [0, 0.05) is 12.8 Å². The highest BCUT2D eigenvalue weighted by atomic mass is 16.5. The molecule has 0 aliphatic rings. The number of esters is 1. The molecule has 0 saturated carbocycles. The lowest BCUT2D eigenvalue weighted by Gasteiger charge is -2.20. The van der Waals surface area contributed by atoms with Gasteiger partial charge in [-0.05, 0) is 89.9 Å². The number of aliphatic hydroxyl groups excluding tert-OH is 2. The van der Waals surface area contributed by atoms with Crippen molar-refractivity contribution in [1.29, 1.82) is 0 Å². The number of hydrogen-bond donors (Lipinski definition) is 3. The number of amides is 1. The Hall–Kier alpha value is -2.18. The highest BCUT2D eigenvalue weighted by Gasteiger charge is 2.18. The first kappa shape index (κ1) is 70.8. The van der Waals surface area contributed by atoms with Gasteiger partial charge in [0.05, 0.1) is 25.4 Å². The van der Waals surface area contributed by atoms with Gasteiger partial charge in [-0.3, -0.25) is 9.59 Å². The molecule has 0 aliphatic carbocycles. The van der Waals surface area contributed by atoms with Crippen LogP contribution in [0.25, 0.3) is 0 Å². The van der Waals surface area contributed by atoms with E-state index in [0.29, 0.717) is 19.4 Å². The van der Waals surface area contributed by atoms with Crippen molar-refractivity contribution >= 4 is 11.9 Å². The Morgan fingerprint density at radius 2 is 0.685 bits per heavy atom. The van der Waals surface area contributed by atoms with Gasteiger partial charge in [0.25, 0.3) is 0 Å². The number of carbonyl (C=O) groups excluding carboxylic acids is 2. The summed E-state index contributed by atoms with van der Waals surface area (Å²) in [7, 11) is 0. The van der Waals surface area contributed by atoms with Crippen LogP contribution in [0.15, 0.2) is 48.6 Å². The second-order valence-corrected chi connectivity index (χ2v) is 22.1. The number of unbranched alkanes of at least 4 members (excludes halogenated alkanes) is 43. The Balaban J connectivity index is 3.48. The minimum absolute atomic E-state index is 0.00514. The first-order valence-corrected chi connectivity index (χ1v) is 32.4. The topological polar surface area (TPSA) is 95.9 Å². The molecule has 0 heterocycles. The van der Waals surface area contributed by atoms with Gasteiger partial charge in [-0.15, -0.1) is 0 Å². The third-order valence-electron chi connectivity index (χ3n) is 14.8. The fourth-order valence-electron chi connectivity index (χ4n) is 9.84. The summed E-state index contributed by atoms with van der Waals surface area (Å²) in [5.74, 6) is -0.0857. The molecule has 2 atom stereocenters. The molecule has 0 aliphatic heterocycles. The van der Waals surface area contributed by atoms with Crippen LogP contribution in [0.3, 0.4) is 0 Å². The van der Waals surface area contributed by atoms with Crippen molar-refractivity contribution in [3.05, 3.63) is 48.6 Å². The molecule has 0 radical (unpaired) electrons. The molecule has 0 rings (SSSR count). The average molecular weight is 1020 g/mol. The van der Waals surface area contributed by atoms with Gasteiger partial charge >= 0.3 is 5.97 Å². The first-order valence-electron chi connectivity index (χ1n) is 32.4. The van der Waals surface area contributed by atoms with E-state index in [9.17, 15) is 19.8 Å². The largest absolute Gasteiger partial charge is 0.466 e. The number of hydrogen-bond acceptors (Lipinski definition) is 5. The van der Waals surface area contributed by atoms with Crippen molar-refractivity contribution in [3.63, 3.8) is 0 Å². The fourth-order valence-corrected chi connectivity index (χ4v) is 9.84. The van der Waals surface area contributed by atoms with Crippen LogP contribution in [0, 0.1) is 0 Å². The average Bonchev–Trinajstić information content (AvgIpc) is 3.39. The summed E-state index contributed by atoms with van der Waals surface area (Å²) in [4.78, 5) is 24.6. The molecule has 0 saturated heterocycles. The van der Waals surface area contributed by atoms with Crippen molar-refractivity contribution in [2.75, 3.05) is 13.2 Å². The van der Waals surface area contributed by atoms with Crippen molar-refractivity contribution in [1.82, 2.24) is 5.32 Å². The van der Waals surface area contributed by atoms with Crippen molar-refractivity contribution in [2.45, 2.75) is 353 Å². The van der Waals surface area contributed by atoms with E-state index in [1.54, 1.807) is 6.08 Å². The molecular formula is C67H125NO5. The van der Waals surface area contributed by atoms with Crippen LogP contribution in [-0.4, -0.2) is 47.4 Å². The molecule has 3 N–H and O–H groups in total. The molecule has 1 amide bonds. The van der Waals surface area contributed by atoms with Crippen molar-refractivity contribution < 1.29 is 24.5 Å². The van der Waals surface area contributed by atoms with Gasteiger partial charge < -0.3 is 20.3 Å². The summed E-state index contributed by atoms with van der Waals surface area (Å²) in [6.07, 6.45) is 80.1. The lowest BCUT2D eigenvalue weighted by atomic mass is 10.0. The van der Waals surface area contributed by atoms with Gasteiger partial charge in [-0.2, -0.15) is 0 Å². The van der Waals surface area contributed by atoms with E-state index in [1.807, 2.05) is 6.08 Å². The molecule has 2 unspecified atom stereocenters. The fraction of sp³-hybridized carbons (Fsp3) is 0.851. The molecule has 0 bridgehead atoms. The number of nitrogens with one attached hydrogen (secondary N) is 1. The standard InChI is InChI=1S/C67H125NO5/c1-3-5-7-9-11-13-15-17-19-21-23-24-27-31-35-39-43-47-51-55-59-65(70)64(63-69)68-66(71)60-56-52-48-44-40-36-32-28-25-26-30-34-38-42-46-50-54-58-62-73-67(72)61-57-53-49-45-41-37-33-29-22-20-18-16-14-12-10-8-6-4-2/h14,16,20,22,28,32,55,59,64-65,69-70H,3-13,15,17-19,21,23-27,29-31,33-54,56-58,60-63H2,1-2H3,(H,68,71)/b16-14-,22-20-,32-28-,59-55+. The maximum atomic E-state index is 12.5. The van der Waals surface area contributed by atoms with Crippen LogP contribution in [0.1, 0.15) is 341 Å². The van der Waals surface area contributed by atoms with Crippen molar-refractivity contribution in [2.24, 2.45) is 0 Å². The summed E-state index contributed by atoms with van der Waals surface area (Å²) in [5, 5.41) is 23.2. The number of rotatable bonds is 60. The summed E-state index contributed by atoms with van der Waals surface area (Å²) in [6.45, 7) is 4.89. The van der Waals surface area contributed by atoms with Gasteiger partial charge in [-0.1, -0.05) is 287 Å². The smallest absolute Gasteiger partial charge is 0.305 e. The van der Waals surface area contributed by atoms with Crippen LogP contribution in [0.4, 0.5) is 0 Å². The molecule has 0 fully saturated rings. The van der Waals surface area contributed by atoms with Gasteiger partial charge in [0.2, 0.25) is 5.91 Å². The molecule has 0 aromatic heterocycles. The highest BCUT2D eigenvalue weighted by molar-refractivity contribution is 5.76. The summed E-state index contributed by atoms with van der Waals surface area (Å²) >= 11 is 0. The molecule has 0 spiro atoms.